The third-order valence-electron chi connectivity index (χ3n) is 1.64. The summed E-state index contributed by atoms with van der Waals surface area (Å²) in [4.78, 5) is 10.8. The molecule has 13 heavy (non-hydrogen) atoms. The number of carbonyl (C=O) groups is 1. The first kappa shape index (κ1) is 9.54. The molecular formula is C9H10O4. The first-order valence-electron chi connectivity index (χ1n) is 3.70. The summed E-state index contributed by atoms with van der Waals surface area (Å²) in [5.41, 5.74) is 0.312. The number of hydrogen-bond acceptors (Lipinski definition) is 4. The van der Waals surface area contributed by atoms with E-state index in [1.165, 1.54) is 25.3 Å². The second-order valence-electron chi connectivity index (χ2n) is 2.52. The van der Waals surface area contributed by atoms with Gasteiger partial charge in [-0.3, -0.25) is 0 Å². The Morgan fingerprint density at radius 2 is 2.38 bits per heavy atom. The predicted octanol–water partition coefficient (Wildman–Crippen LogP) is 0.458. The first-order valence-corrected chi connectivity index (χ1v) is 3.70. The van der Waals surface area contributed by atoms with Gasteiger partial charge >= 0.3 is 5.97 Å². The van der Waals surface area contributed by atoms with Crippen LogP contribution in [0.5, 0.6) is 0 Å². The van der Waals surface area contributed by atoms with Gasteiger partial charge in [0.25, 0.3) is 0 Å². The number of aliphatic hydroxyl groups is 2. The fraction of sp³-hybridized carbons (Fsp3) is 0.222. The van der Waals surface area contributed by atoms with Crippen LogP contribution in [-0.4, -0.2) is 29.4 Å². The summed E-state index contributed by atoms with van der Waals surface area (Å²) in [6, 6.07) is 0. The molecule has 2 N–H and O–H groups in total. The average molecular weight is 182 g/mol. The van der Waals surface area contributed by atoms with E-state index in [2.05, 4.69) is 4.74 Å². The van der Waals surface area contributed by atoms with Crippen LogP contribution >= 0.6 is 0 Å². The molecule has 0 unspecified atom stereocenters. The third-order valence-corrected chi connectivity index (χ3v) is 1.64. The Labute approximate surface area is 75.4 Å². The molecule has 1 aliphatic carbocycles. The van der Waals surface area contributed by atoms with Crippen LogP contribution in [0.4, 0.5) is 0 Å². The lowest BCUT2D eigenvalue weighted by molar-refractivity contribution is -0.134. The van der Waals surface area contributed by atoms with E-state index < -0.39 is 12.1 Å². The molecule has 0 aromatic rings. The highest BCUT2D eigenvalue weighted by atomic mass is 16.5. The standard InChI is InChI=1S/C9H10O4/c1-13-8(11)5-6-3-2-4-7(10)9(6)12/h2-5,9-10,12H,1H3/b6-5-/t9-/m1/s1. The average Bonchev–Trinajstić information content (AvgIpc) is 2.13. The molecule has 0 aliphatic heterocycles. The molecule has 0 amide bonds. The van der Waals surface area contributed by atoms with Crippen LogP contribution in [-0.2, 0) is 9.53 Å². The Balaban J connectivity index is 2.84. The number of hydrogen-bond donors (Lipinski definition) is 2. The fourth-order valence-corrected chi connectivity index (χ4v) is 0.933. The lowest BCUT2D eigenvalue weighted by Gasteiger charge is -2.13. The number of aliphatic hydroxyl groups excluding tert-OH is 2. The van der Waals surface area contributed by atoms with Crippen molar-refractivity contribution < 1.29 is 19.7 Å². The molecule has 70 valence electrons. The Morgan fingerprint density at radius 1 is 1.69 bits per heavy atom. The van der Waals surface area contributed by atoms with E-state index in [-0.39, 0.29) is 5.76 Å². The van der Waals surface area contributed by atoms with Gasteiger partial charge in [0.15, 0.2) is 0 Å². The molecule has 0 saturated carbocycles. The van der Waals surface area contributed by atoms with Crippen molar-refractivity contribution in [2.24, 2.45) is 0 Å². The number of rotatable bonds is 1. The molecule has 4 nitrogen and oxygen atoms in total. The molecule has 0 bridgehead atoms. The Kier molecular flexibility index (Phi) is 2.87. The minimum atomic E-state index is -1.14. The summed E-state index contributed by atoms with van der Waals surface area (Å²) in [5.74, 6) is -0.744. The second-order valence-corrected chi connectivity index (χ2v) is 2.52. The van der Waals surface area contributed by atoms with Crippen LogP contribution < -0.4 is 0 Å². The first-order chi connectivity index (χ1) is 6.15. The predicted molar refractivity (Wildman–Crippen MR) is 46.0 cm³/mol. The summed E-state index contributed by atoms with van der Waals surface area (Å²) >= 11 is 0. The maximum Gasteiger partial charge on any atom is 0.330 e. The zero-order valence-corrected chi connectivity index (χ0v) is 7.10. The van der Waals surface area contributed by atoms with E-state index in [1.807, 2.05) is 0 Å². The third kappa shape index (κ3) is 2.19. The SMILES string of the molecule is COC(=O)/C=C1/C=CC=C(O)[C@@H]1O. The topological polar surface area (TPSA) is 66.8 Å². The molecule has 1 rings (SSSR count). The molecule has 0 spiro atoms. The highest BCUT2D eigenvalue weighted by Crippen LogP contribution is 2.16. The van der Waals surface area contributed by atoms with Crippen molar-refractivity contribution in [3.05, 3.63) is 35.6 Å². The fourth-order valence-electron chi connectivity index (χ4n) is 0.933. The van der Waals surface area contributed by atoms with Crippen LogP contribution in [0.15, 0.2) is 35.6 Å². The molecule has 0 aromatic heterocycles. The maximum absolute atomic E-state index is 10.8. The van der Waals surface area contributed by atoms with Gasteiger partial charge in [0, 0.05) is 6.08 Å². The molecule has 1 atom stereocenters. The van der Waals surface area contributed by atoms with Gasteiger partial charge in [0.2, 0.25) is 0 Å². The van der Waals surface area contributed by atoms with Crippen LogP contribution in [0.1, 0.15) is 0 Å². The molecule has 4 heteroatoms. The Morgan fingerprint density at radius 3 is 3.00 bits per heavy atom. The summed E-state index contributed by atoms with van der Waals surface area (Å²) < 4.78 is 4.38. The van der Waals surface area contributed by atoms with Gasteiger partial charge in [-0.05, 0) is 11.6 Å². The highest BCUT2D eigenvalue weighted by Gasteiger charge is 2.16. The lowest BCUT2D eigenvalue weighted by atomic mass is 10.0. The van der Waals surface area contributed by atoms with Crippen molar-refractivity contribution in [1.29, 1.82) is 0 Å². The lowest BCUT2D eigenvalue weighted by Crippen LogP contribution is -2.15. The van der Waals surface area contributed by atoms with Gasteiger partial charge in [0.1, 0.15) is 11.9 Å². The van der Waals surface area contributed by atoms with Gasteiger partial charge in [-0.1, -0.05) is 12.2 Å². The zero-order valence-electron chi connectivity index (χ0n) is 7.10. The minimum absolute atomic E-state index is 0.183. The minimum Gasteiger partial charge on any atom is -0.509 e. The van der Waals surface area contributed by atoms with Crippen molar-refractivity contribution in [3.8, 4) is 0 Å². The van der Waals surface area contributed by atoms with Crippen LogP contribution in [0.3, 0.4) is 0 Å². The van der Waals surface area contributed by atoms with E-state index in [9.17, 15) is 9.90 Å². The van der Waals surface area contributed by atoms with Crippen molar-refractivity contribution in [2.45, 2.75) is 6.10 Å². The summed E-state index contributed by atoms with van der Waals surface area (Å²) in [5, 5.41) is 18.4. The van der Waals surface area contributed by atoms with E-state index >= 15 is 0 Å². The van der Waals surface area contributed by atoms with E-state index in [0.717, 1.165) is 6.08 Å². The van der Waals surface area contributed by atoms with E-state index in [0.29, 0.717) is 5.57 Å². The van der Waals surface area contributed by atoms with E-state index in [4.69, 9.17) is 5.11 Å². The van der Waals surface area contributed by atoms with Crippen molar-refractivity contribution in [3.63, 3.8) is 0 Å². The Bertz CT molecular complexity index is 299. The molecule has 1 aliphatic rings. The van der Waals surface area contributed by atoms with Crippen molar-refractivity contribution >= 4 is 5.97 Å². The van der Waals surface area contributed by atoms with Crippen LogP contribution in [0, 0.1) is 0 Å². The van der Waals surface area contributed by atoms with Crippen LogP contribution in [0.25, 0.3) is 0 Å². The quantitative estimate of drug-likeness (QED) is 0.456. The summed E-state index contributed by atoms with van der Waals surface area (Å²) in [6.45, 7) is 0. The van der Waals surface area contributed by atoms with Crippen LogP contribution in [0.2, 0.25) is 0 Å². The van der Waals surface area contributed by atoms with Gasteiger partial charge < -0.3 is 14.9 Å². The van der Waals surface area contributed by atoms with Gasteiger partial charge in [-0.25, -0.2) is 4.79 Å². The number of methoxy groups -OCH3 is 1. The van der Waals surface area contributed by atoms with Gasteiger partial charge in [0.05, 0.1) is 7.11 Å². The van der Waals surface area contributed by atoms with Gasteiger partial charge in [-0.15, -0.1) is 0 Å². The summed E-state index contributed by atoms with van der Waals surface area (Å²) in [6.07, 6.45) is 4.42. The molecule has 0 fully saturated rings. The molecule has 0 aromatic carbocycles. The molecule has 0 heterocycles. The smallest absolute Gasteiger partial charge is 0.330 e. The number of allylic oxidation sites excluding steroid dienone is 2. The molecular weight excluding hydrogens is 172 g/mol. The zero-order chi connectivity index (χ0) is 9.84. The normalized spacial score (nSPS) is 24.3. The van der Waals surface area contributed by atoms with E-state index in [1.54, 1.807) is 0 Å². The molecule has 0 saturated heterocycles. The highest BCUT2D eigenvalue weighted by molar-refractivity contribution is 5.83. The molecule has 0 radical (unpaired) electrons. The summed E-state index contributed by atoms with van der Waals surface area (Å²) in [7, 11) is 1.24. The number of esters is 1. The Hall–Kier alpha value is -1.55. The van der Waals surface area contributed by atoms with Gasteiger partial charge in [-0.2, -0.15) is 0 Å². The van der Waals surface area contributed by atoms with Crippen molar-refractivity contribution in [1.82, 2.24) is 0 Å². The van der Waals surface area contributed by atoms with Crippen molar-refractivity contribution in [2.75, 3.05) is 7.11 Å². The monoisotopic (exact) mass is 182 g/mol. The second kappa shape index (κ2) is 3.91. The number of ether oxygens (including phenoxy) is 1. The maximum atomic E-state index is 10.8. The largest absolute Gasteiger partial charge is 0.509 e. The number of carbonyl (C=O) groups excluding carboxylic acids is 1.